The summed E-state index contributed by atoms with van der Waals surface area (Å²) in [6, 6.07) is 3.80. The van der Waals surface area contributed by atoms with Crippen molar-refractivity contribution < 1.29 is 14.0 Å². The van der Waals surface area contributed by atoms with E-state index in [-0.39, 0.29) is 18.5 Å². The zero-order valence-corrected chi connectivity index (χ0v) is 9.88. The Morgan fingerprint density at radius 3 is 2.75 bits per heavy atom. The zero-order valence-electron chi connectivity index (χ0n) is 8.30. The predicted molar refractivity (Wildman–Crippen MR) is 60.2 cm³/mol. The van der Waals surface area contributed by atoms with E-state index in [1.807, 2.05) is 0 Å². The van der Waals surface area contributed by atoms with E-state index in [4.69, 9.17) is 5.73 Å². The predicted octanol–water partition coefficient (Wildman–Crippen LogP) is 1.19. The molecule has 0 unspecified atom stereocenters. The summed E-state index contributed by atoms with van der Waals surface area (Å²) in [5.41, 5.74) is 5.10. The van der Waals surface area contributed by atoms with Gasteiger partial charge >= 0.3 is 0 Å². The highest BCUT2D eigenvalue weighted by atomic mass is 79.9. The van der Waals surface area contributed by atoms with Gasteiger partial charge in [0.1, 0.15) is 5.82 Å². The first kappa shape index (κ1) is 12.6. The summed E-state index contributed by atoms with van der Waals surface area (Å²) in [5, 5.41) is 2.46. The van der Waals surface area contributed by atoms with Crippen LogP contribution in [0.4, 0.5) is 4.39 Å². The lowest BCUT2D eigenvalue weighted by atomic mass is 10.2. The van der Waals surface area contributed by atoms with Crippen LogP contribution < -0.4 is 11.1 Å². The molecule has 0 saturated carbocycles. The second-order valence-corrected chi connectivity index (χ2v) is 3.95. The molecular weight excluding hydrogens is 279 g/mol. The number of amides is 2. The number of primary amides is 1. The number of rotatable bonds is 4. The first-order chi connectivity index (χ1) is 7.50. The maximum Gasteiger partial charge on any atom is 0.252 e. The van der Waals surface area contributed by atoms with Crippen LogP contribution in [0.3, 0.4) is 0 Å². The van der Waals surface area contributed by atoms with Crippen LogP contribution in [-0.4, -0.2) is 18.4 Å². The Labute approximate surface area is 100 Å². The third-order valence-electron chi connectivity index (χ3n) is 1.83. The number of hydrogen-bond donors (Lipinski definition) is 2. The Kier molecular flexibility index (Phi) is 4.42. The molecule has 0 atom stereocenters. The molecule has 0 aromatic heterocycles. The van der Waals surface area contributed by atoms with Crippen molar-refractivity contribution in [2.75, 3.05) is 6.54 Å². The number of nitrogens with one attached hydrogen (secondary N) is 1. The molecule has 0 radical (unpaired) electrons. The van der Waals surface area contributed by atoms with E-state index in [0.29, 0.717) is 4.47 Å². The molecule has 0 bridgehead atoms. The topological polar surface area (TPSA) is 72.2 Å². The molecule has 6 heteroatoms. The quantitative estimate of drug-likeness (QED) is 0.874. The van der Waals surface area contributed by atoms with Gasteiger partial charge in [-0.2, -0.15) is 0 Å². The lowest BCUT2D eigenvalue weighted by Gasteiger charge is -2.05. The minimum atomic E-state index is -0.501. The van der Waals surface area contributed by atoms with Gasteiger partial charge in [0.2, 0.25) is 5.91 Å². The van der Waals surface area contributed by atoms with Gasteiger partial charge in [-0.3, -0.25) is 9.59 Å². The molecule has 1 aromatic rings. The first-order valence-corrected chi connectivity index (χ1v) is 5.31. The van der Waals surface area contributed by atoms with E-state index in [9.17, 15) is 14.0 Å². The molecule has 1 rings (SSSR count). The minimum absolute atomic E-state index is 0.0542. The standard InChI is InChI=1S/C10H10BrFN2O2/c11-8-2-1-6(12)5-7(8)10(16)14-4-3-9(13)15/h1-2,5H,3-4H2,(H2,13,15)(H,14,16). The fourth-order valence-electron chi connectivity index (χ4n) is 1.07. The molecule has 0 fully saturated rings. The Morgan fingerprint density at radius 1 is 1.44 bits per heavy atom. The van der Waals surface area contributed by atoms with Gasteiger partial charge in [0, 0.05) is 17.4 Å². The largest absolute Gasteiger partial charge is 0.370 e. The Bertz CT molecular complexity index is 423. The Morgan fingerprint density at radius 2 is 2.12 bits per heavy atom. The third-order valence-corrected chi connectivity index (χ3v) is 2.52. The van der Waals surface area contributed by atoms with Gasteiger partial charge in [0.25, 0.3) is 5.91 Å². The van der Waals surface area contributed by atoms with E-state index < -0.39 is 17.6 Å². The maximum absolute atomic E-state index is 12.9. The molecular formula is C10H10BrFN2O2. The van der Waals surface area contributed by atoms with Crippen LogP contribution in [0.1, 0.15) is 16.8 Å². The molecule has 1 aromatic carbocycles. The highest BCUT2D eigenvalue weighted by Crippen LogP contribution is 2.17. The molecule has 0 spiro atoms. The van der Waals surface area contributed by atoms with Crippen LogP contribution in [0, 0.1) is 5.82 Å². The van der Waals surface area contributed by atoms with E-state index in [0.717, 1.165) is 6.07 Å². The number of hydrogen-bond acceptors (Lipinski definition) is 2. The van der Waals surface area contributed by atoms with Crippen molar-refractivity contribution in [1.82, 2.24) is 5.32 Å². The van der Waals surface area contributed by atoms with E-state index in [1.54, 1.807) is 0 Å². The summed E-state index contributed by atoms with van der Waals surface area (Å²) in [6.07, 6.45) is 0.0542. The van der Waals surface area contributed by atoms with Crippen LogP contribution >= 0.6 is 15.9 Å². The van der Waals surface area contributed by atoms with Crippen molar-refractivity contribution >= 4 is 27.7 Å². The SMILES string of the molecule is NC(=O)CCNC(=O)c1cc(F)ccc1Br. The second-order valence-electron chi connectivity index (χ2n) is 3.10. The minimum Gasteiger partial charge on any atom is -0.370 e. The fourth-order valence-corrected chi connectivity index (χ4v) is 1.49. The maximum atomic E-state index is 12.9. The molecule has 4 nitrogen and oxygen atoms in total. The van der Waals surface area contributed by atoms with Crippen molar-refractivity contribution in [2.45, 2.75) is 6.42 Å². The summed E-state index contributed by atoms with van der Waals surface area (Å²) in [4.78, 5) is 22.0. The average molecular weight is 289 g/mol. The van der Waals surface area contributed by atoms with E-state index in [1.165, 1.54) is 12.1 Å². The van der Waals surface area contributed by atoms with E-state index in [2.05, 4.69) is 21.2 Å². The summed E-state index contributed by atoms with van der Waals surface area (Å²) in [7, 11) is 0. The summed E-state index contributed by atoms with van der Waals surface area (Å²) in [6.45, 7) is 0.136. The molecule has 16 heavy (non-hydrogen) atoms. The average Bonchev–Trinajstić information content (AvgIpc) is 2.21. The molecule has 0 aliphatic heterocycles. The van der Waals surface area contributed by atoms with Crippen molar-refractivity contribution in [1.29, 1.82) is 0 Å². The van der Waals surface area contributed by atoms with Crippen LogP contribution in [-0.2, 0) is 4.79 Å². The van der Waals surface area contributed by atoms with E-state index >= 15 is 0 Å². The third kappa shape index (κ3) is 3.62. The normalized spacial score (nSPS) is 9.88. The number of carbonyl (C=O) groups is 2. The number of carbonyl (C=O) groups excluding carboxylic acids is 2. The van der Waals surface area contributed by atoms with Crippen molar-refractivity contribution in [3.8, 4) is 0 Å². The van der Waals surface area contributed by atoms with Crippen molar-refractivity contribution in [3.05, 3.63) is 34.1 Å². The monoisotopic (exact) mass is 288 g/mol. The summed E-state index contributed by atoms with van der Waals surface area (Å²) in [5.74, 6) is -1.45. The van der Waals surface area contributed by atoms with Crippen molar-refractivity contribution in [2.24, 2.45) is 5.73 Å². The lowest BCUT2D eigenvalue weighted by molar-refractivity contribution is -0.117. The van der Waals surface area contributed by atoms with Gasteiger partial charge in [0.15, 0.2) is 0 Å². The van der Waals surface area contributed by atoms with Gasteiger partial charge in [0.05, 0.1) is 5.56 Å². The van der Waals surface area contributed by atoms with Gasteiger partial charge in [-0.1, -0.05) is 0 Å². The van der Waals surface area contributed by atoms with Gasteiger partial charge < -0.3 is 11.1 Å². The van der Waals surface area contributed by atoms with Crippen LogP contribution in [0.15, 0.2) is 22.7 Å². The highest BCUT2D eigenvalue weighted by molar-refractivity contribution is 9.10. The molecule has 0 heterocycles. The van der Waals surface area contributed by atoms with Crippen molar-refractivity contribution in [3.63, 3.8) is 0 Å². The number of benzene rings is 1. The molecule has 3 N–H and O–H groups in total. The number of nitrogens with two attached hydrogens (primary N) is 1. The fraction of sp³-hybridized carbons (Fsp3) is 0.200. The van der Waals surface area contributed by atoms with Crippen LogP contribution in [0.2, 0.25) is 0 Å². The second kappa shape index (κ2) is 5.60. The molecule has 0 aliphatic carbocycles. The van der Waals surface area contributed by atoms with Gasteiger partial charge in [-0.25, -0.2) is 4.39 Å². The van der Waals surface area contributed by atoms with Gasteiger partial charge in [-0.05, 0) is 34.1 Å². The summed E-state index contributed by atoms with van der Waals surface area (Å²) >= 11 is 3.13. The molecule has 86 valence electrons. The van der Waals surface area contributed by atoms with Gasteiger partial charge in [-0.15, -0.1) is 0 Å². The smallest absolute Gasteiger partial charge is 0.252 e. The highest BCUT2D eigenvalue weighted by Gasteiger charge is 2.10. The lowest BCUT2D eigenvalue weighted by Crippen LogP contribution is -2.28. The van der Waals surface area contributed by atoms with Crippen LogP contribution in [0.25, 0.3) is 0 Å². The summed E-state index contributed by atoms with van der Waals surface area (Å²) < 4.78 is 13.4. The zero-order chi connectivity index (χ0) is 12.1. The number of halogens is 2. The molecule has 0 aliphatic rings. The first-order valence-electron chi connectivity index (χ1n) is 4.52. The van der Waals surface area contributed by atoms with Crippen LogP contribution in [0.5, 0.6) is 0 Å². The molecule has 2 amide bonds. The Balaban J connectivity index is 2.65. The Hall–Kier alpha value is -1.43. The molecule has 0 saturated heterocycles.